The Morgan fingerprint density at radius 1 is 0.684 bits per heavy atom. The van der Waals surface area contributed by atoms with Gasteiger partial charge in [0.25, 0.3) is 0 Å². The lowest BCUT2D eigenvalue weighted by molar-refractivity contribution is 0.574. The lowest BCUT2D eigenvalue weighted by Crippen LogP contribution is -2.65. The van der Waals surface area contributed by atoms with E-state index in [0.717, 1.165) is 22.2 Å². The number of rotatable bonds is 5. The first-order chi connectivity index (χ1) is 8.67. The van der Waals surface area contributed by atoms with Gasteiger partial charge in [-0.05, 0) is 40.8 Å². The Morgan fingerprint density at radius 2 is 0.947 bits per heavy atom. The van der Waals surface area contributed by atoms with Gasteiger partial charge in [0.15, 0.2) is 0 Å². The van der Waals surface area contributed by atoms with Gasteiger partial charge < -0.3 is 4.23 Å². The molecule has 0 N–H and O–H groups in total. The van der Waals surface area contributed by atoms with Crippen molar-refractivity contribution < 1.29 is 0 Å². The smallest absolute Gasteiger partial charge is 0.126 e. The predicted molar refractivity (Wildman–Crippen MR) is 93.9 cm³/mol. The summed E-state index contributed by atoms with van der Waals surface area (Å²) in [5.41, 5.74) is 3.61. The van der Waals surface area contributed by atoms with E-state index in [2.05, 4.69) is 66.5 Å². The van der Waals surface area contributed by atoms with Crippen molar-refractivity contribution in [3.05, 3.63) is 0 Å². The minimum absolute atomic E-state index is 0.902. The summed E-state index contributed by atoms with van der Waals surface area (Å²) < 4.78 is 3.19. The first-order valence-electron chi connectivity index (χ1n) is 8.45. The maximum Gasteiger partial charge on any atom is 0.126 e. The van der Waals surface area contributed by atoms with Crippen molar-refractivity contribution in [1.82, 2.24) is 4.23 Å². The molecule has 1 nitrogen and oxygen atoms in total. The molecule has 1 fully saturated rings. The van der Waals surface area contributed by atoms with Crippen LogP contribution >= 0.6 is 0 Å². The third kappa shape index (κ3) is 2.40. The molecule has 1 aliphatic heterocycles. The average Bonchev–Trinajstić information content (AvgIpc) is 2.65. The molecule has 0 aromatic carbocycles. The van der Waals surface area contributed by atoms with Gasteiger partial charge in [-0.3, -0.25) is 0 Å². The quantitative estimate of drug-likeness (QED) is 0.575. The summed E-state index contributed by atoms with van der Waals surface area (Å²) in [5, 5.41) is 0. The second-order valence-corrected chi connectivity index (χ2v) is 19.0. The van der Waals surface area contributed by atoms with E-state index in [0.29, 0.717) is 0 Å². The van der Waals surface area contributed by atoms with E-state index in [-0.39, 0.29) is 0 Å². The van der Waals surface area contributed by atoms with Gasteiger partial charge in [-0.15, -0.1) is 0 Å². The molecular formula is C16H37NSi2. The van der Waals surface area contributed by atoms with Crippen LogP contribution in [0.3, 0.4) is 0 Å². The summed E-state index contributed by atoms with van der Waals surface area (Å²) in [6.07, 6.45) is 0. The average molecular weight is 300 g/mol. The Labute approximate surface area is 124 Å². The van der Waals surface area contributed by atoms with Crippen LogP contribution in [0, 0.1) is 0 Å². The number of hydrogen-bond acceptors (Lipinski definition) is 1. The van der Waals surface area contributed by atoms with Crippen LogP contribution < -0.4 is 0 Å². The summed E-state index contributed by atoms with van der Waals surface area (Å²) >= 11 is 0. The Kier molecular flexibility index (Phi) is 5.53. The first-order valence-corrected chi connectivity index (χ1v) is 13.1. The van der Waals surface area contributed by atoms with E-state index in [9.17, 15) is 0 Å². The van der Waals surface area contributed by atoms with E-state index < -0.39 is 16.5 Å². The molecular weight excluding hydrogens is 262 g/mol. The van der Waals surface area contributed by atoms with Crippen LogP contribution in [0.25, 0.3) is 0 Å². The van der Waals surface area contributed by atoms with Crippen molar-refractivity contribution in [3.63, 3.8) is 0 Å². The van der Waals surface area contributed by atoms with Crippen molar-refractivity contribution in [2.45, 2.75) is 96.6 Å². The maximum absolute atomic E-state index is 3.19. The molecule has 0 amide bonds. The Balaban J connectivity index is 3.35. The van der Waals surface area contributed by atoms with E-state index >= 15 is 0 Å². The molecule has 0 radical (unpaired) electrons. The van der Waals surface area contributed by atoms with Gasteiger partial charge in [-0.2, -0.15) is 0 Å². The highest BCUT2D eigenvalue weighted by atomic mass is 28.4. The highest BCUT2D eigenvalue weighted by molar-refractivity contribution is 6.99. The molecule has 3 heteroatoms. The third-order valence-electron chi connectivity index (χ3n) is 6.25. The third-order valence-corrected chi connectivity index (χ3v) is 22.0. The number of hydrogen-bond donors (Lipinski definition) is 0. The molecule has 19 heavy (non-hydrogen) atoms. The molecule has 0 unspecified atom stereocenters. The molecule has 0 atom stereocenters. The second kappa shape index (κ2) is 6.02. The lowest BCUT2D eigenvalue weighted by atomic mass is 10.5. The van der Waals surface area contributed by atoms with E-state index in [4.69, 9.17) is 0 Å². The molecule has 1 rings (SSSR count). The zero-order valence-corrected chi connectivity index (χ0v) is 16.9. The van der Waals surface area contributed by atoms with Crippen LogP contribution in [0.15, 0.2) is 0 Å². The highest BCUT2D eigenvalue weighted by Crippen LogP contribution is 2.55. The van der Waals surface area contributed by atoms with Crippen LogP contribution in [0.2, 0.25) is 34.3 Å². The Bertz CT molecular complexity index is 253. The summed E-state index contributed by atoms with van der Waals surface area (Å²) in [6, 6.07) is 3.14. The monoisotopic (exact) mass is 299 g/mol. The molecule has 0 spiro atoms. The fraction of sp³-hybridized carbons (Fsp3) is 1.00. The molecule has 0 saturated carbocycles. The zero-order valence-electron chi connectivity index (χ0n) is 14.9. The van der Waals surface area contributed by atoms with Crippen LogP contribution in [0.1, 0.15) is 62.3 Å². The van der Waals surface area contributed by atoms with Gasteiger partial charge >= 0.3 is 0 Å². The minimum Gasteiger partial charge on any atom is -0.344 e. The van der Waals surface area contributed by atoms with Gasteiger partial charge in [0.1, 0.15) is 16.5 Å². The largest absolute Gasteiger partial charge is 0.344 e. The molecule has 0 bridgehead atoms. The fourth-order valence-corrected chi connectivity index (χ4v) is 24.6. The standard InChI is InChI=1S/C16H37NSi2/c1-10-17-18(13(2)3,14(4)5)11-12-19(17,15(6)7)16(8)9/h13-16H,10-12H2,1-9H3. The van der Waals surface area contributed by atoms with Gasteiger partial charge in [0.05, 0.1) is 0 Å². The van der Waals surface area contributed by atoms with Crippen LogP contribution in [-0.4, -0.2) is 27.2 Å². The summed E-state index contributed by atoms with van der Waals surface area (Å²) in [7, 11) is -2.56. The molecule has 1 saturated heterocycles. The molecule has 1 aliphatic rings. The Hall–Kier alpha value is 0.394. The van der Waals surface area contributed by atoms with Crippen molar-refractivity contribution in [2.75, 3.05) is 6.54 Å². The first kappa shape index (κ1) is 17.4. The van der Waals surface area contributed by atoms with Crippen LogP contribution in [0.4, 0.5) is 0 Å². The zero-order chi connectivity index (χ0) is 15.0. The lowest BCUT2D eigenvalue weighted by Gasteiger charge is -2.52. The maximum atomic E-state index is 3.19. The van der Waals surface area contributed by atoms with Crippen LogP contribution in [-0.2, 0) is 0 Å². The van der Waals surface area contributed by atoms with E-state index in [1.54, 1.807) is 12.1 Å². The van der Waals surface area contributed by atoms with Gasteiger partial charge in [0.2, 0.25) is 0 Å². The number of nitrogens with zero attached hydrogens (tertiary/aromatic N) is 1. The Morgan fingerprint density at radius 3 is 1.11 bits per heavy atom. The normalized spacial score (nSPS) is 23.2. The second-order valence-electron chi connectivity index (χ2n) is 7.85. The van der Waals surface area contributed by atoms with E-state index in [1.165, 1.54) is 6.54 Å². The summed E-state index contributed by atoms with van der Waals surface area (Å²) in [4.78, 5) is 0. The van der Waals surface area contributed by atoms with Gasteiger partial charge in [-0.25, -0.2) is 0 Å². The van der Waals surface area contributed by atoms with Gasteiger partial charge in [0, 0.05) is 0 Å². The fourth-order valence-electron chi connectivity index (χ4n) is 5.38. The molecule has 0 aliphatic carbocycles. The highest BCUT2D eigenvalue weighted by Gasteiger charge is 2.61. The summed E-state index contributed by atoms with van der Waals surface area (Å²) in [5.74, 6) is 0. The minimum atomic E-state index is -1.28. The van der Waals surface area contributed by atoms with Crippen molar-refractivity contribution in [3.8, 4) is 0 Å². The summed E-state index contributed by atoms with van der Waals surface area (Å²) in [6.45, 7) is 23.9. The molecule has 0 aromatic heterocycles. The molecule has 0 aromatic rings. The van der Waals surface area contributed by atoms with E-state index in [1.807, 2.05) is 0 Å². The predicted octanol–water partition coefficient (Wildman–Crippen LogP) is 5.85. The van der Waals surface area contributed by atoms with Crippen molar-refractivity contribution in [2.24, 2.45) is 0 Å². The van der Waals surface area contributed by atoms with Crippen molar-refractivity contribution >= 4 is 16.5 Å². The van der Waals surface area contributed by atoms with Gasteiger partial charge in [-0.1, -0.05) is 62.3 Å². The van der Waals surface area contributed by atoms with Crippen molar-refractivity contribution in [1.29, 1.82) is 0 Å². The SMILES string of the molecule is CCN1[Si](C(C)C)(C(C)C)CC[Si]1(C(C)C)C(C)C. The van der Waals surface area contributed by atoms with Crippen LogP contribution in [0.5, 0.6) is 0 Å². The molecule has 114 valence electrons. The topological polar surface area (TPSA) is 3.24 Å². The molecule has 1 heterocycles.